The lowest BCUT2D eigenvalue weighted by Crippen LogP contribution is -2.13. The summed E-state index contributed by atoms with van der Waals surface area (Å²) < 4.78 is 5.49. The SMILES string of the molecule is C=C(C)COCCCCCCCCCC[Si](C)(C)Br. The van der Waals surface area contributed by atoms with Crippen LogP contribution in [-0.2, 0) is 4.74 Å². The highest BCUT2D eigenvalue weighted by molar-refractivity contribution is 9.26. The first-order chi connectivity index (χ1) is 8.92. The van der Waals surface area contributed by atoms with Crippen molar-refractivity contribution in [3.63, 3.8) is 0 Å². The van der Waals surface area contributed by atoms with E-state index in [0.717, 1.165) is 18.8 Å². The quantitative estimate of drug-likeness (QED) is 0.164. The molecule has 0 radical (unpaired) electrons. The molecule has 0 aromatic carbocycles. The van der Waals surface area contributed by atoms with Gasteiger partial charge in [0.25, 0.3) is 0 Å². The van der Waals surface area contributed by atoms with E-state index in [-0.39, 0.29) is 0 Å². The Morgan fingerprint density at radius 2 is 1.42 bits per heavy atom. The van der Waals surface area contributed by atoms with Crippen molar-refractivity contribution in [3.05, 3.63) is 12.2 Å². The van der Waals surface area contributed by atoms with E-state index in [2.05, 4.69) is 35.0 Å². The zero-order valence-electron chi connectivity index (χ0n) is 13.3. The molecule has 0 heterocycles. The van der Waals surface area contributed by atoms with E-state index in [4.69, 9.17) is 4.74 Å². The molecule has 0 aromatic heterocycles. The Labute approximate surface area is 129 Å². The normalized spacial score (nSPS) is 11.8. The second-order valence-corrected chi connectivity index (χ2v) is 16.7. The summed E-state index contributed by atoms with van der Waals surface area (Å²) in [5.41, 5.74) is 1.12. The molecular weight excluding hydrogens is 316 g/mol. The van der Waals surface area contributed by atoms with Crippen LogP contribution in [0, 0.1) is 0 Å². The molecule has 0 unspecified atom stereocenters. The molecule has 0 N–H and O–H groups in total. The summed E-state index contributed by atoms with van der Waals surface area (Å²) >= 11 is 3.83. The second-order valence-electron chi connectivity index (χ2n) is 6.31. The minimum Gasteiger partial charge on any atom is -0.377 e. The molecule has 0 aromatic rings. The van der Waals surface area contributed by atoms with Crippen LogP contribution in [0.25, 0.3) is 0 Å². The van der Waals surface area contributed by atoms with Crippen molar-refractivity contribution >= 4 is 22.0 Å². The summed E-state index contributed by atoms with van der Waals surface area (Å²) in [6, 6.07) is 1.42. The van der Waals surface area contributed by atoms with E-state index in [0.29, 0.717) is 0 Å². The lowest BCUT2D eigenvalue weighted by atomic mass is 10.1. The van der Waals surface area contributed by atoms with Gasteiger partial charge in [-0.2, -0.15) is 0 Å². The molecule has 0 amide bonds. The van der Waals surface area contributed by atoms with Gasteiger partial charge in [-0.25, -0.2) is 0 Å². The molecule has 19 heavy (non-hydrogen) atoms. The molecule has 3 heteroatoms. The first kappa shape index (κ1) is 19.4. The Balaban J connectivity index is 3.05. The Bertz CT molecular complexity index is 223. The highest BCUT2D eigenvalue weighted by Gasteiger charge is 2.14. The third kappa shape index (κ3) is 18.4. The van der Waals surface area contributed by atoms with E-state index < -0.39 is 6.69 Å². The van der Waals surface area contributed by atoms with Gasteiger partial charge in [0.15, 0.2) is 0 Å². The topological polar surface area (TPSA) is 9.23 Å². The molecule has 0 aliphatic rings. The fraction of sp³-hybridized carbons (Fsp3) is 0.875. The minimum absolute atomic E-state index is 0.729. The molecule has 1 nitrogen and oxygen atoms in total. The maximum absolute atomic E-state index is 5.49. The predicted octanol–water partition coefficient (Wildman–Crippen LogP) is 6.30. The van der Waals surface area contributed by atoms with Gasteiger partial charge >= 0.3 is 0 Å². The summed E-state index contributed by atoms with van der Waals surface area (Å²) in [7, 11) is 0. The van der Waals surface area contributed by atoms with Crippen LogP contribution in [0.4, 0.5) is 0 Å². The lowest BCUT2D eigenvalue weighted by Gasteiger charge is -2.12. The molecule has 0 bridgehead atoms. The lowest BCUT2D eigenvalue weighted by molar-refractivity contribution is 0.151. The van der Waals surface area contributed by atoms with Crippen molar-refractivity contribution in [1.29, 1.82) is 0 Å². The van der Waals surface area contributed by atoms with Crippen LogP contribution >= 0.6 is 15.3 Å². The van der Waals surface area contributed by atoms with E-state index in [9.17, 15) is 0 Å². The number of unbranched alkanes of at least 4 members (excludes halogenated alkanes) is 7. The average molecular weight is 349 g/mol. The van der Waals surface area contributed by atoms with Gasteiger partial charge < -0.3 is 4.74 Å². The standard InChI is InChI=1S/C16H33BrOSi/c1-16(2)15-18-13-11-9-7-5-6-8-10-12-14-19(3,4)17/h1,5-15H2,2-4H3. The van der Waals surface area contributed by atoms with Crippen LogP contribution in [0.5, 0.6) is 0 Å². The fourth-order valence-corrected chi connectivity index (χ4v) is 3.99. The number of rotatable bonds is 13. The van der Waals surface area contributed by atoms with Gasteiger partial charge in [-0.3, -0.25) is 0 Å². The molecule has 0 atom stereocenters. The number of hydrogen-bond acceptors (Lipinski definition) is 1. The average Bonchev–Trinajstić information content (AvgIpc) is 2.28. The van der Waals surface area contributed by atoms with Crippen molar-refractivity contribution in [1.82, 2.24) is 0 Å². The Hall–Kier alpha value is 0.397. The van der Waals surface area contributed by atoms with E-state index in [1.807, 2.05) is 6.92 Å². The summed E-state index contributed by atoms with van der Waals surface area (Å²) in [5, 5.41) is 0. The fourth-order valence-electron chi connectivity index (χ4n) is 2.06. The molecule has 114 valence electrons. The second kappa shape index (κ2) is 12.2. The van der Waals surface area contributed by atoms with Gasteiger partial charge in [0.05, 0.1) is 6.61 Å². The minimum atomic E-state index is -0.967. The molecule has 0 aliphatic carbocycles. The Morgan fingerprint density at radius 1 is 0.947 bits per heavy atom. The molecule has 0 spiro atoms. The smallest absolute Gasteiger partial charge is 0.124 e. The Kier molecular flexibility index (Phi) is 12.4. The van der Waals surface area contributed by atoms with Crippen LogP contribution in [0.1, 0.15) is 58.3 Å². The third-order valence-electron chi connectivity index (χ3n) is 3.16. The van der Waals surface area contributed by atoms with Gasteiger partial charge in [-0.15, -0.1) is 15.3 Å². The molecule has 0 fully saturated rings. The van der Waals surface area contributed by atoms with Crippen molar-refractivity contribution in [2.24, 2.45) is 0 Å². The predicted molar refractivity (Wildman–Crippen MR) is 93.8 cm³/mol. The summed E-state index contributed by atoms with van der Waals surface area (Å²) in [6.07, 6.45) is 11.0. The highest BCUT2D eigenvalue weighted by atomic mass is 79.9. The molecule has 0 aliphatic heterocycles. The molecule has 0 rings (SSSR count). The number of ether oxygens (including phenoxy) is 1. The van der Waals surface area contributed by atoms with Crippen molar-refractivity contribution in [2.75, 3.05) is 13.2 Å². The monoisotopic (exact) mass is 348 g/mol. The van der Waals surface area contributed by atoms with Crippen LogP contribution < -0.4 is 0 Å². The van der Waals surface area contributed by atoms with Crippen LogP contribution in [0.15, 0.2) is 12.2 Å². The summed E-state index contributed by atoms with van der Waals surface area (Å²) in [6.45, 7) is 11.3. The van der Waals surface area contributed by atoms with Gasteiger partial charge in [0.1, 0.15) is 6.69 Å². The first-order valence-electron chi connectivity index (χ1n) is 7.83. The third-order valence-corrected chi connectivity index (χ3v) is 5.89. The van der Waals surface area contributed by atoms with Crippen molar-refractivity contribution in [3.8, 4) is 0 Å². The highest BCUT2D eigenvalue weighted by Crippen LogP contribution is 2.21. The molecule has 0 saturated carbocycles. The maximum Gasteiger partial charge on any atom is 0.124 e. The zero-order valence-corrected chi connectivity index (χ0v) is 15.9. The van der Waals surface area contributed by atoms with Gasteiger partial charge in [0, 0.05) is 6.61 Å². The maximum atomic E-state index is 5.49. The molecule has 0 saturated heterocycles. The van der Waals surface area contributed by atoms with Crippen molar-refractivity contribution in [2.45, 2.75) is 77.4 Å². The van der Waals surface area contributed by atoms with Gasteiger partial charge in [-0.05, 0) is 19.4 Å². The first-order valence-corrected chi connectivity index (χ1v) is 13.3. The Morgan fingerprint density at radius 3 is 1.89 bits per heavy atom. The summed E-state index contributed by atoms with van der Waals surface area (Å²) in [5.74, 6) is 0. The molecular formula is C16H33BrOSi. The summed E-state index contributed by atoms with van der Waals surface area (Å²) in [4.78, 5) is 0. The zero-order chi connectivity index (χ0) is 14.6. The van der Waals surface area contributed by atoms with Crippen LogP contribution in [0.3, 0.4) is 0 Å². The van der Waals surface area contributed by atoms with E-state index >= 15 is 0 Å². The van der Waals surface area contributed by atoms with Gasteiger partial charge in [0.2, 0.25) is 0 Å². The van der Waals surface area contributed by atoms with E-state index in [1.165, 1.54) is 57.4 Å². The van der Waals surface area contributed by atoms with Crippen molar-refractivity contribution < 1.29 is 4.74 Å². The largest absolute Gasteiger partial charge is 0.377 e. The number of hydrogen-bond donors (Lipinski definition) is 0. The van der Waals surface area contributed by atoms with Gasteiger partial charge in [-0.1, -0.05) is 70.2 Å². The van der Waals surface area contributed by atoms with Crippen LogP contribution in [0.2, 0.25) is 19.1 Å². The van der Waals surface area contributed by atoms with E-state index in [1.54, 1.807) is 0 Å². The van der Waals surface area contributed by atoms with Crippen LogP contribution in [-0.4, -0.2) is 19.9 Å². The number of halogens is 1.